The molecule has 0 spiro atoms. The summed E-state index contributed by atoms with van der Waals surface area (Å²) in [4.78, 5) is 14.7. The van der Waals surface area contributed by atoms with E-state index in [9.17, 15) is 4.79 Å². The van der Waals surface area contributed by atoms with Crippen molar-refractivity contribution in [2.24, 2.45) is 5.92 Å². The van der Waals surface area contributed by atoms with Gasteiger partial charge in [0.25, 0.3) is 0 Å². The van der Waals surface area contributed by atoms with Crippen LogP contribution in [0.2, 0.25) is 0 Å². The normalized spacial score (nSPS) is 21.8. The van der Waals surface area contributed by atoms with E-state index in [0.717, 1.165) is 48.1 Å². The predicted octanol–water partition coefficient (Wildman–Crippen LogP) is 3.06. The van der Waals surface area contributed by atoms with Crippen LogP contribution in [0, 0.1) is 5.92 Å². The summed E-state index contributed by atoms with van der Waals surface area (Å²) in [6.45, 7) is 2.89. The number of ether oxygens (including phenoxy) is 2. The highest BCUT2D eigenvalue weighted by molar-refractivity contribution is 7.99. The summed E-state index contributed by atoms with van der Waals surface area (Å²) >= 11 is 1.93. The van der Waals surface area contributed by atoms with Gasteiger partial charge in [-0.1, -0.05) is 6.07 Å². The number of rotatable bonds is 3. The Morgan fingerprint density at radius 2 is 2.00 bits per heavy atom. The van der Waals surface area contributed by atoms with Gasteiger partial charge in [-0.3, -0.25) is 0 Å². The third-order valence-electron chi connectivity index (χ3n) is 4.81. The van der Waals surface area contributed by atoms with Crippen LogP contribution in [-0.4, -0.2) is 48.7 Å². The SMILES string of the molecule is O=C(NC(c1ccc2c(c1)OCCO2)C1CC1)N1CCCSCC1. The van der Waals surface area contributed by atoms with Gasteiger partial charge in [0.2, 0.25) is 0 Å². The van der Waals surface area contributed by atoms with E-state index in [0.29, 0.717) is 19.1 Å². The number of nitrogens with one attached hydrogen (secondary N) is 1. The number of hydrogen-bond donors (Lipinski definition) is 1. The zero-order valence-corrected chi connectivity index (χ0v) is 14.6. The topological polar surface area (TPSA) is 50.8 Å². The molecule has 2 fully saturated rings. The lowest BCUT2D eigenvalue weighted by molar-refractivity contribution is 0.171. The molecule has 1 saturated carbocycles. The highest BCUT2D eigenvalue weighted by atomic mass is 32.2. The molecule has 24 heavy (non-hydrogen) atoms. The minimum absolute atomic E-state index is 0.0734. The third-order valence-corrected chi connectivity index (χ3v) is 5.86. The fourth-order valence-corrected chi connectivity index (χ4v) is 4.22. The Morgan fingerprint density at radius 1 is 1.17 bits per heavy atom. The van der Waals surface area contributed by atoms with Gasteiger partial charge in [-0.25, -0.2) is 4.79 Å². The van der Waals surface area contributed by atoms with Crippen molar-refractivity contribution in [1.29, 1.82) is 0 Å². The molecule has 1 aromatic rings. The Bertz CT molecular complexity index is 598. The lowest BCUT2D eigenvalue weighted by Crippen LogP contribution is -2.43. The molecule has 1 saturated heterocycles. The molecule has 1 N–H and O–H groups in total. The van der Waals surface area contributed by atoms with Crippen LogP contribution in [0.25, 0.3) is 0 Å². The largest absolute Gasteiger partial charge is 0.486 e. The Labute approximate surface area is 147 Å². The second kappa shape index (κ2) is 7.13. The molecule has 0 radical (unpaired) electrons. The molecule has 4 rings (SSSR count). The van der Waals surface area contributed by atoms with Crippen molar-refractivity contribution >= 4 is 17.8 Å². The molecular weight excluding hydrogens is 324 g/mol. The van der Waals surface area contributed by atoms with E-state index in [-0.39, 0.29) is 12.1 Å². The fourth-order valence-electron chi connectivity index (χ4n) is 3.33. The maximum Gasteiger partial charge on any atom is 0.317 e. The van der Waals surface area contributed by atoms with Gasteiger partial charge in [-0.05, 0) is 48.6 Å². The fraction of sp³-hybridized carbons (Fsp3) is 0.611. The van der Waals surface area contributed by atoms with E-state index in [1.165, 1.54) is 12.8 Å². The molecule has 1 atom stereocenters. The number of thioether (sulfide) groups is 1. The molecule has 2 amide bonds. The highest BCUT2D eigenvalue weighted by Gasteiger charge is 2.35. The van der Waals surface area contributed by atoms with Gasteiger partial charge in [0.05, 0.1) is 6.04 Å². The standard InChI is InChI=1S/C18H24N2O3S/c21-18(20-6-1-10-24-11-7-20)19-17(13-2-3-13)14-4-5-15-16(12-14)23-9-8-22-15/h4-5,12-13,17H,1-3,6-11H2,(H,19,21). The van der Waals surface area contributed by atoms with E-state index >= 15 is 0 Å². The second-order valence-corrected chi connectivity index (χ2v) is 7.85. The van der Waals surface area contributed by atoms with Crippen LogP contribution >= 0.6 is 11.8 Å². The third kappa shape index (κ3) is 3.58. The number of hydrogen-bond acceptors (Lipinski definition) is 4. The van der Waals surface area contributed by atoms with Crippen LogP contribution < -0.4 is 14.8 Å². The van der Waals surface area contributed by atoms with Crippen LogP contribution in [0.15, 0.2) is 18.2 Å². The van der Waals surface area contributed by atoms with Crippen LogP contribution in [0.3, 0.4) is 0 Å². The van der Waals surface area contributed by atoms with Crippen molar-refractivity contribution in [1.82, 2.24) is 10.2 Å². The van der Waals surface area contributed by atoms with E-state index < -0.39 is 0 Å². The van der Waals surface area contributed by atoms with E-state index in [4.69, 9.17) is 9.47 Å². The quantitative estimate of drug-likeness (QED) is 0.912. The number of benzene rings is 1. The van der Waals surface area contributed by atoms with Crippen LogP contribution in [0.1, 0.15) is 30.9 Å². The molecular formula is C18H24N2O3S. The van der Waals surface area contributed by atoms with E-state index in [2.05, 4.69) is 11.4 Å². The Kier molecular flexibility index (Phi) is 4.74. The molecule has 2 aliphatic heterocycles. The average Bonchev–Trinajstić information content (AvgIpc) is 3.45. The second-order valence-electron chi connectivity index (χ2n) is 6.62. The molecule has 2 heterocycles. The van der Waals surface area contributed by atoms with Crippen molar-refractivity contribution in [3.05, 3.63) is 23.8 Å². The first-order chi connectivity index (χ1) is 11.8. The number of amides is 2. The number of fused-ring (bicyclic) bond motifs is 1. The summed E-state index contributed by atoms with van der Waals surface area (Å²) in [7, 11) is 0. The summed E-state index contributed by atoms with van der Waals surface area (Å²) in [5, 5.41) is 3.28. The summed E-state index contributed by atoms with van der Waals surface area (Å²) in [5.74, 6) is 4.32. The van der Waals surface area contributed by atoms with Crippen LogP contribution in [0.4, 0.5) is 4.79 Å². The lowest BCUT2D eigenvalue weighted by Gasteiger charge is -2.26. The zero-order valence-electron chi connectivity index (χ0n) is 13.8. The first-order valence-electron chi connectivity index (χ1n) is 8.84. The van der Waals surface area contributed by atoms with Crippen LogP contribution in [0.5, 0.6) is 11.5 Å². The summed E-state index contributed by atoms with van der Waals surface area (Å²) in [6.07, 6.45) is 3.43. The van der Waals surface area contributed by atoms with Gasteiger partial charge >= 0.3 is 6.03 Å². The van der Waals surface area contributed by atoms with Crippen molar-refractivity contribution in [3.8, 4) is 11.5 Å². The lowest BCUT2D eigenvalue weighted by atomic mass is 10.0. The number of carbonyl (C=O) groups excluding carboxylic acids is 1. The van der Waals surface area contributed by atoms with Gasteiger partial charge < -0.3 is 19.7 Å². The summed E-state index contributed by atoms with van der Waals surface area (Å²) in [6, 6.07) is 6.22. The predicted molar refractivity (Wildman–Crippen MR) is 94.9 cm³/mol. The maximum absolute atomic E-state index is 12.7. The highest BCUT2D eigenvalue weighted by Crippen LogP contribution is 2.43. The molecule has 130 valence electrons. The zero-order chi connectivity index (χ0) is 16.4. The summed E-state index contributed by atoms with van der Waals surface area (Å²) in [5.41, 5.74) is 1.12. The first kappa shape index (κ1) is 15.9. The molecule has 6 heteroatoms. The van der Waals surface area contributed by atoms with E-state index in [1.807, 2.05) is 28.8 Å². The van der Waals surface area contributed by atoms with E-state index in [1.54, 1.807) is 0 Å². The Balaban J connectivity index is 1.49. The molecule has 0 bridgehead atoms. The summed E-state index contributed by atoms with van der Waals surface area (Å²) < 4.78 is 11.3. The van der Waals surface area contributed by atoms with Gasteiger partial charge in [0, 0.05) is 18.8 Å². The minimum Gasteiger partial charge on any atom is -0.486 e. The Morgan fingerprint density at radius 3 is 2.83 bits per heavy atom. The van der Waals surface area contributed by atoms with Crippen LogP contribution in [-0.2, 0) is 0 Å². The smallest absolute Gasteiger partial charge is 0.317 e. The molecule has 1 aliphatic carbocycles. The van der Waals surface area contributed by atoms with Crippen molar-refractivity contribution in [3.63, 3.8) is 0 Å². The average molecular weight is 348 g/mol. The van der Waals surface area contributed by atoms with Gasteiger partial charge in [0.1, 0.15) is 13.2 Å². The molecule has 1 aromatic carbocycles. The number of nitrogens with zero attached hydrogens (tertiary/aromatic N) is 1. The molecule has 5 nitrogen and oxygen atoms in total. The van der Waals surface area contributed by atoms with Gasteiger partial charge in [0.15, 0.2) is 11.5 Å². The number of urea groups is 1. The van der Waals surface area contributed by atoms with Crippen molar-refractivity contribution in [2.45, 2.75) is 25.3 Å². The molecule has 1 unspecified atom stereocenters. The molecule has 3 aliphatic rings. The number of carbonyl (C=O) groups is 1. The monoisotopic (exact) mass is 348 g/mol. The van der Waals surface area contributed by atoms with Crippen molar-refractivity contribution in [2.75, 3.05) is 37.8 Å². The van der Waals surface area contributed by atoms with Gasteiger partial charge in [-0.2, -0.15) is 11.8 Å². The maximum atomic E-state index is 12.7. The minimum atomic E-state index is 0.0734. The Hall–Kier alpha value is -1.56. The van der Waals surface area contributed by atoms with Gasteiger partial charge in [-0.15, -0.1) is 0 Å². The molecule has 0 aromatic heterocycles. The first-order valence-corrected chi connectivity index (χ1v) is 9.99. The van der Waals surface area contributed by atoms with Crippen molar-refractivity contribution < 1.29 is 14.3 Å².